The Morgan fingerprint density at radius 3 is 2.57 bits per heavy atom. The lowest BCUT2D eigenvalue weighted by Gasteiger charge is -2.14. The number of aromatic nitrogens is 2. The first kappa shape index (κ1) is 18.2. The fraction of sp³-hybridized carbons (Fsp3) is 0.400. The molecule has 1 aliphatic carbocycles. The van der Waals surface area contributed by atoms with Gasteiger partial charge in [-0.3, -0.25) is 19.5 Å². The molecule has 3 N–H and O–H groups in total. The van der Waals surface area contributed by atoms with E-state index in [1.165, 1.54) is 0 Å². The minimum Gasteiger partial charge on any atom is -0.349 e. The van der Waals surface area contributed by atoms with Crippen molar-refractivity contribution in [2.24, 2.45) is 5.92 Å². The fourth-order valence-corrected chi connectivity index (χ4v) is 3.81. The van der Waals surface area contributed by atoms with Gasteiger partial charge >= 0.3 is 0 Å². The zero-order valence-electron chi connectivity index (χ0n) is 15.5. The first-order chi connectivity index (χ1) is 13.6. The van der Waals surface area contributed by atoms with Gasteiger partial charge in [-0.05, 0) is 37.1 Å². The van der Waals surface area contributed by atoms with E-state index in [-0.39, 0.29) is 30.2 Å². The third-order valence-electron chi connectivity index (χ3n) is 5.40. The van der Waals surface area contributed by atoms with E-state index in [0.29, 0.717) is 23.5 Å². The molecule has 0 radical (unpaired) electrons. The molecule has 8 heteroatoms. The van der Waals surface area contributed by atoms with Gasteiger partial charge in [0.25, 0.3) is 5.91 Å². The van der Waals surface area contributed by atoms with Crippen LogP contribution >= 0.6 is 0 Å². The molecule has 2 aliphatic rings. The molecule has 1 saturated carbocycles. The van der Waals surface area contributed by atoms with Gasteiger partial charge in [0.1, 0.15) is 0 Å². The summed E-state index contributed by atoms with van der Waals surface area (Å²) < 4.78 is 0. The van der Waals surface area contributed by atoms with Crippen LogP contribution in [0.5, 0.6) is 0 Å². The summed E-state index contributed by atoms with van der Waals surface area (Å²) in [6.07, 6.45) is 7.76. The van der Waals surface area contributed by atoms with Gasteiger partial charge in [0, 0.05) is 36.5 Å². The molecule has 3 amide bonds. The summed E-state index contributed by atoms with van der Waals surface area (Å²) in [4.78, 5) is 38.5. The Balaban J connectivity index is 1.33. The van der Waals surface area contributed by atoms with Gasteiger partial charge in [-0.25, -0.2) is 0 Å². The molecule has 2 aromatic rings. The first-order valence-corrected chi connectivity index (χ1v) is 9.61. The lowest BCUT2D eigenvalue weighted by atomic mass is 10.1. The molecule has 0 bridgehead atoms. The largest absolute Gasteiger partial charge is 0.349 e. The van der Waals surface area contributed by atoms with E-state index in [1.54, 1.807) is 41.6 Å². The van der Waals surface area contributed by atoms with Gasteiger partial charge in [-0.1, -0.05) is 12.8 Å². The lowest BCUT2D eigenvalue weighted by molar-refractivity contribution is -0.122. The fourth-order valence-electron chi connectivity index (χ4n) is 3.81. The summed E-state index contributed by atoms with van der Waals surface area (Å²) in [5.74, 6) is -0.808. The Bertz CT molecular complexity index is 856. The third kappa shape index (κ3) is 3.90. The van der Waals surface area contributed by atoms with Gasteiger partial charge in [-0.15, -0.1) is 0 Å². The standard InChI is InChI=1S/C20H23N5O3/c26-18-9-14(12-25(18)17-10-21-22-11-17)20(28)24-16-7-5-13(6-8-16)19(27)23-15-3-1-2-4-15/h5-8,10-11,14-15H,1-4,9,12H2,(H,21,22)(H,23,27)(H,24,28)/t14-/m1/s1. The minimum absolute atomic E-state index is 0.0816. The Morgan fingerprint density at radius 1 is 1.14 bits per heavy atom. The maximum atomic E-state index is 12.5. The zero-order chi connectivity index (χ0) is 19.5. The maximum Gasteiger partial charge on any atom is 0.251 e. The number of anilines is 2. The number of hydrogen-bond acceptors (Lipinski definition) is 4. The van der Waals surface area contributed by atoms with Crippen LogP contribution in [0.1, 0.15) is 42.5 Å². The van der Waals surface area contributed by atoms with Crippen molar-refractivity contribution in [1.29, 1.82) is 0 Å². The van der Waals surface area contributed by atoms with Crippen LogP contribution in [-0.2, 0) is 9.59 Å². The molecule has 0 unspecified atom stereocenters. The van der Waals surface area contributed by atoms with Crippen molar-refractivity contribution in [3.05, 3.63) is 42.2 Å². The monoisotopic (exact) mass is 381 g/mol. The number of nitrogens with one attached hydrogen (secondary N) is 3. The van der Waals surface area contributed by atoms with Crippen LogP contribution in [0.4, 0.5) is 11.4 Å². The van der Waals surface area contributed by atoms with Crippen LogP contribution in [0, 0.1) is 5.92 Å². The molecule has 146 valence electrons. The summed E-state index contributed by atoms with van der Waals surface area (Å²) in [7, 11) is 0. The molecule has 1 aliphatic heterocycles. The number of rotatable bonds is 5. The van der Waals surface area contributed by atoms with Crippen LogP contribution in [0.15, 0.2) is 36.7 Å². The Hall–Kier alpha value is -3.16. The Kier molecular flexibility index (Phi) is 5.10. The zero-order valence-corrected chi connectivity index (χ0v) is 15.5. The Morgan fingerprint density at radius 2 is 1.89 bits per heavy atom. The Labute approximate surface area is 162 Å². The highest BCUT2D eigenvalue weighted by atomic mass is 16.2. The molecule has 1 atom stereocenters. The SMILES string of the molecule is O=C(NC1CCCC1)c1ccc(NC(=O)[C@@H]2CC(=O)N(c3cn[nH]c3)C2)cc1. The predicted octanol–water partition coefficient (Wildman–Crippen LogP) is 2.07. The van der Waals surface area contributed by atoms with Crippen molar-refractivity contribution < 1.29 is 14.4 Å². The number of carbonyl (C=O) groups excluding carboxylic acids is 3. The second kappa shape index (κ2) is 7.84. The van der Waals surface area contributed by atoms with Crippen LogP contribution < -0.4 is 15.5 Å². The van der Waals surface area contributed by atoms with E-state index in [9.17, 15) is 14.4 Å². The molecule has 1 aromatic heterocycles. The molecular formula is C20H23N5O3. The van der Waals surface area contributed by atoms with Crippen LogP contribution in [0.25, 0.3) is 0 Å². The average Bonchev–Trinajstić information content (AvgIpc) is 3.43. The lowest BCUT2D eigenvalue weighted by Crippen LogP contribution is -2.32. The predicted molar refractivity (Wildman–Crippen MR) is 104 cm³/mol. The van der Waals surface area contributed by atoms with Crippen molar-refractivity contribution in [1.82, 2.24) is 15.5 Å². The summed E-state index contributed by atoms with van der Waals surface area (Å²) in [5.41, 5.74) is 1.85. The molecule has 1 saturated heterocycles. The topological polar surface area (TPSA) is 107 Å². The highest BCUT2D eigenvalue weighted by Crippen LogP contribution is 2.25. The highest BCUT2D eigenvalue weighted by Gasteiger charge is 2.35. The van der Waals surface area contributed by atoms with E-state index >= 15 is 0 Å². The quantitative estimate of drug-likeness (QED) is 0.737. The first-order valence-electron chi connectivity index (χ1n) is 9.61. The second-order valence-corrected chi connectivity index (χ2v) is 7.38. The number of amides is 3. The van der Waals surface area contributed by atoms with Crippen molar-refractivity contribution in [2.45, 2.75) is 38.1 Å². The van der Waals surface area contributed by atoms with E-state index < -0.39 is 5.92 Å². The maximum absolute atomic E-state index is 12.5. The normalized spacial score (nSPS) is 19.8. The summed E-state index contributed by atoms with van der Waals surface area (Å²) in [5, 5.41) is 12.4. The van der Waals surface area contributed by atoms with E-state index in [1.807, 2.05) is 0 Å². The van der Waals surface area contributed by atoms with Gasteiger partial charge in [0.15, 0.2) is 0 Å². The van der Waals surface area contributed by atoms with Crippen molar-refractivity contribution in [3.63, 3.8) is 0 Å². The van der Waals surface area contributed by atoms with Gasteiger partial charge in [0.2, 0.25) is 11.8 Å². The molecule has 2 fully saturated rings. The molecule has 2 heterocycles. The summed E-state index contributed by atoms with van der Waals surface area (Å²) >= 11 is 0. The van der Waals surface area contributed by atoms with Crippen molar-refractivity contribution in [3.8, 4) is 0 Å². The number of H-pyrrole nitrogens is 1. The molecule has 28 heavy (non-hydrogen) atoms. The molecule has 8 nitrogen and oxygen atoms in total. The van der Waals surface area contributed by atoms with Crippen LogP contribution in [-0.4, -0.2) is 40.5 Å². The minimum atomic E-state index is -0.423. The van der Waals surface area contributed by atoms with Gasteiger partial charge in [0.05, 0.1) is 17.8 Å². The van der Waals surface area contributed by atoms with Crippen LogP contribution in [0.3, 0.4) is 0 Å². The van der Waals surface area contributed by atoms with E-state index in [4.69, 9.17) is 0 Å². The van der Waals surface area contributed by atoms with Crippen molar-refractivity contribution >= 4 is 29.1 Å². The molecule has 4 rings (SSSR count). The van der Waals surface area contributed by atoms with Gasteiger partial charge < -0.3 is 15.5 Å². The molecular weight excluding hydrogens is 358 g/mol. The average molecular weight is 381 g/mol. The number of hydrogen-bond donors (Lipinski definition) is 3. The summed E-state index contributed by atoms with van der Waals surface area (Å²) in [6, 6.07) is 7.11. The highest BCUT2D eigenvalue weighted by molar-refractivity contribution is 6.03. The van der Waals surface area contributed by atoms with Crippen molar-refractivity contribution in [2.75, 3.05) is 16.8 Å². The van der Waals surface area contributed by atoms with Crippen LogP contribution in [0.2, 0.25) is 0 Å². The number of aromatic amines is 1. The van der Waals surface area contributed by atoms with Gasteiger partial charge in [-0.2, -0.15) is 5.10 Å². The summed E-state index contributed by atoms with van der Waals surface area (Å²) in [6.45, 7) is 0.325. The van der Waals surface area contributed by atoms with E-state index in [0.717, 1.165) is 25.7 Å². The smallest absolute Gasteiger partial charge is 0.251 e. The number of carbonyl (C=O) groups is 3. The third-order valence-corrected chi connectivity index (χ3v) is 5.40. The number of benzene rings is 1. The molecule has 1 aromatic carbocycles. The van der Waals surface area contributed by atoms with E-state index in [2.05, 4.69) is 20.8 Å². The molecule has 0 spiro atoms. The number of nitrogens with zero attached hydrogens (tertiary/aromatic N) is 2. The second-order valence-electron chi connectivity index (χ2n) is 7.38.